The number of carbonyl (C=O) groups is 1. The standard InChI is InChI=1S/C19H30N2O2/c1-15(21-11-4-5-12-21)14-20-18(22)17-8-6-7-16(13-17)9-10-19(2,3)23/h6-8,13,15,23H,4-5,9-12,14H2,1-3H3,(H,20,22)/t15-/m1/s1. The lowest BCUT2D eigenvalue weighted by Gasteiger charge is -2.23. The normalized spacial score (nSPS) is 17.2. The Morgan fingerprint density at radius 2 is 2.04 bits per heavy atom. The minimum atomic E-state index is -0.677. The average Bonchev–Trinajstić information content (AvgIpc) is 3.04. The number of rotatable bonds is 7. The second-order valence-electron chi connectivity index (χ2n) is 7.31. The van der Waals surface area contributed by atoms with Crippen LogP contribution in [-0.2, 0) is 6.42 Å². The molecule has 1 heterocycles. The van der Waals surface area contributed by atoms with Crippen molar-refractivity contribution in [2.45, 2.75) is 58.1 Å². The summed E-state index contributed by atoms with van der Waals surface area (Å²) in [5.74, 6) is -0.0128. The lowest BCUT2D eigenvalue weighted by molar-refractivity contribution is 0.0714. The molecule has 0 spiro atoms. The van der Waals surface area contributed by atoms with Crippen LogP contribution in [0.15, 0.2) is 24.3 Å². The van der Waals surface area contributed by atoms with Crippen molar-refractivity contribution in [3.8, 4) is 0 Å². The van der Waals surface area contributed by atoms with E-state index < -0.39 is 5.60 Å². The molecule has 1 aliphatic rings. The zero-order chi connectivity index (χ0) is 16.9. The van der Waals surface area contributed by atoms with Gasteiger partial charge in [0.2, 0.25) is 0 Å². The lowest BCUT2D eigenvalue weighted by atomic mass is 9.98. The Bertz CT molecular complexity index is 516. The molecule has 1 aliphatic heterocycles. The summed E-state index contributed by atoms with van der Waals surface area (Å²) in [6.07, 6.45) is 3.99. The number of nitrogens with zero attached hydrogens (tertiary/aromatic N) is 1. The highest BCUT2D eigenvalue weighted by atomic mass is 16.3. The molecule has 1 atom stereocenters. The number of amides is 1. The molecule has 1 aromatic carbocycles. The van der Waals surface area contributed by atoms with Gasteiger partial charge in [0.15, 0.2) is 0 Å². The van der Waals surface area contributed by atoms with Gasteiger partial charge in [0.05, 0.1) is 5.60 Å². The number of nitrogens with one attached hydrogen (secondary N) is 1. The maximum atomic E-state index is 12.3. The first kappa shape index (κ1) is 18.0. The van der Waals surface area contributed by atoms with Crippen LogP contribution in [0.4, 0.5) is 0 Å². The Morgan fingerprint density at radius 3 is 2.70 bits per heavy atom. The topological polar surface area (TPSA) is 52.6 Å². The number of hydrogen-bond donors (Lipinski definition) is 2. The van der Waals surface area contributed by atoms with Crippen LogP contribution in [0, 0.1) is 0 Å². The SMILES string of the molecule is C[C@H](CNC(=O)c1cccc(CCC(C)(C)O)c1)N1CCCC1. The largest absolute Gasteiger partial charge is 0.390 e. The van der Waals surface area contributed by atoms with E-state index in [1.54, 1.807) is 0 Å². The fourth-order valence-corrected chi connectivity index (χ4v) is 2.97. The molecule has 0 aliphatic carbocycles. The van der Waals surface area contributed by atoms with Crippen molar-refractivity contribution < 1.29 is 9.90 Å². The zero-order valence-electron chi connectivity index (χ0n) is 14.6. The van der Waals surface area contributed by atoms with Gasteiger partial charge in [-0.15, -0.1) is 0 Å². The first-order valence-corrected chi connectivity index (χ1v) is 8.69. The van der Waals surface area contributed by atoms with E-state index in [-0.39, 0.29) is 5.91 Å². The van der Waals surface area contributed by atoms with E-state index in [0.717, 1.165) is 25.1 Å². The molecule has 0 bridgehead atoms. The Balaban J connectivity index is 1.86. The average molecular weight is 318 g/mol. The van der Waals surface area contributed by atoms with E-state index in [0.29, 0.717) is 24.6 Å². The van der Waals surface area contributed by atoms with Crippen molar-refractivity contribution >= 4 is 5.91 Å². The molecule has 128 valence electrons. The smallest absolute Gasteiger partial charge is 0.251 e. The van der Waals surface area contributed by atoms with Gasteiger partial charge in [0, 0.05) is 18.2 Å². The second kappa shape index (κ2) is 7.93. The quantitative estimate of drug-likeness (QED) is 0.812. The Morgan fingerprint density at radius 1 is 1.35 bits per heavy atom. The van der Waals surface area contributed by atoms with Crippen LogP contribution in [0.5, 0.6) is 0 Å². The van der Waals surface area contributed by atoms with E-state index in [9.17, 15) is 9.90 Å². The van der Waals surface area contributed by atoms with E-state index >= 15 is 0 Å². The molecule has 1 amide bonds. The van der Waals surface area contributed by atoms with Gasteiger partial charge >= 0.3 is 0 Å². The highest BCUT2D eigenvalue weighted by Crippen LogP contribution is 2.15. The molecule has 4 heteroatoms. The number of aliphatic hydroxyl groups is 1. The van der Waals surface area contributed by atoms with E-state index in [2.05, 4.69) is 17.1 Å². The first-order chi connectivity index (χ1) is 10.8. The summed E-state index contributed by atoms with van der Waals surface area (Å²) in [5, 5.41) is 12.9. The molecule has 2 N–H and O–H groups in total. The maximum Gasteiger partial charge on any atom is 0.251 e. The van der Waals surface area contributed by atoms with Crippen LogP contribution in [-0.4, -0.2) is 47.2 Å². The van der Waals surface area contributed by atoms with Crippen molar-refractivity contribution in [2.24, 2.45) is 0 Å². The minimum Gasteiger partial charge on any atom is -0.390 e. The van der Waals surface area contributed by atoms with Crippen LogP contribution in [0.3, 0.4) is 0 Å². The molecule has 2 rings (SSSR count). The van der Waals surface area contributed by atoms with Crippen molar-refractivity contribution in [1.29, 1.82) is 0 Å². The molecule has 0 radical (unpaired) electrons. The molecule has 4 nitrogen and oxygen atoms in total. The molecule has 1 aromatic rings. The van der Waals surface area contributed by atoms with Crippen molar-refractivity contribution in [3.05, 3.63) is 35.4 Å². The summed E-state index contributed by atoms with van der Waals surface area (Å²) >= 11 is 0. The van der Waals surface area contributed by atoms with Crippen LogP contribution >= 0.6 is 0 Å². The fourth-order valence-electron chi connectivity index (χ4n) is 2.97. The van der Waals surface area contributed by atoms with Gasteiger partial charge in [-0.05, 0) is 77.2 Å². The van der Waals surface area contributed by atoms with Gasteiger partial charge in [-0.25, -0.2) is 0 Å². The van der Waals surface area contributed by atoms with Gasteiger partial charge < -0.3 is 10.4 Å². The first-order valence-electron chi connectivity index (χ1n) is 8.69. The molecular formula is C19H30N2O2. The Labute approximate surface area is 139 Å². The van der Waals surface area contributed by atoms with Gasteiger partial charge in [-0.3, -0.25) is 9.69 Å². The van der Waals surface area contributed by atoms with Gasteiger partial charge in [0.25, 0.3) is 5.91 Å². The number of carbonyl (C=O) groups excluding carboxylic acids is 1. The van der Waals surface area contributed by atoms with Gasteiger partial charge in [0.1, 0.15) is 0 Å². The number of benzene rings is 1. The van der Waals surface area contributed by atoms with Gasteiger partial charge in [-0.2, -0.15) is 0 Å². The predicted octanol–water partition coefficient (Wildman–Crippen LogP) is 2.60. The third kappa shape index (κ3) is 5.96. The number of hydrogen-bond acceptors (Lipinski definition) is 3. The highest BCUT2D eigenvalue weighted by molar-refractivity contribution is 5.94. The van der Waals surface area contributed by atoms with Crippen LogP contribution in [0.2, 0.25) is 0 Å². The summed E-state index contributed by atoms with van der Waals surface area (Å²) in [4.78, 5) is 14.8. The van der Waals surface area contributed by atoms with Gasteiger partial charge in [-0.1, -0.05) is 12.1 Å². The molecule has 1 saturated heterocycles. The third-order valence-corrected chi connectivity index (χ3v) is 4.54. The molecule has 0 saturated carbocycles. The molecule has 23 heavy (non-hydrogen) atoms. The maximum absolute atomic E-state index is 12.3. The van der Waals surface area contributed by atoms with Crippen molar-refractivity contribution in [1.82, 2.24) is 10.2 Å². The molecule has 1 fully saturated rings. The molecule has 0 unspecified atom stereocenters. The summed E-state index contributed by atoms with van der Waals surface area (Å²) < 4.78 is 0. The summed E-state index contributed by atoms with van der Waals surface area (Å²) in [5.41, 5.74) is 1.11. The molecule has 0 aromatic heterocycles. The lowest BCUT2D eigenvalue weighted by Crippen LogP contribution is -2.40. The Kier molecular flexibility index (Phi) is 6.19. The number of aryl methyl sites for hydroxylation is 1. The van der Waals surface area contributed by atoms with Crippen LogP contribution in [0.25, 0.3) is 0 Å². The minimum absolute atomic E-state index is 0.0128. The van der Waals surface area contributed by atoms with E-state index in [1.165, 1.54) is 12.8 Å². The predicted molar refractivity (Wildman–Crippen MR) is 93.7 cm³/mol. The fraction of sp³-hybridized carbons (Fsp3) is 0.632. The summed E-state index contributed by atoms with van der Waals surface area (Å²) in [6, 6.07) is 8.10. The van der Waals surface area contributed by atoms with Crippen LogP contribution < -0.4 is 5.32 Å². The Hall–Kier alpha value is -1.39. The van der Waals surface area contributed by atoms with E-state index in [1.807, 2.05) is 38.1 Å². The number of likely N-dealkylation sites (tertiary alicyclic amines) is 1. The van der Waals surface area contributed by atoms with E-state index in [4.69, 9.17) is 0 Å². The zero-order valence-corrected chi connectivity index (χ0v) is 14.6. The highest BCUT2D eigenvalue weighted by Gasteiger charge is 2.19. The van der Waals surface area contributed by atoms with Crippen molar-refractivity contribution in [3.63, 3.8) is 0 Å². The molecular weight excluding hydrogens is 288 g/mol. The second-order valence-corrected chi connectivity index (χ2v) is 7.31. The summed E-state index contributed by atoms with van der Waals surface area (Å²) in [7, 11) is 0. The third-order valence-electron chi connectivity index (χ3n) is 4.54. The monoisotopic (exact) mass is 318 g/mol. The van der Waals surface area contributed by atoms with Crippen LogP contribution in [0.1, 0.15) is 56.0 Å². The summed E-state index contributed by atoms with van der Waals surface area (Å²) in [6.45, 7) is 8.76. The van der Waals surface area contributed by atoms with Crippen molar-refractivity contribution in [2.75, 3.05) is 19.6 Å².